The average molecular weight is 212 g/mol. The minimum absolute atomic E-state index is 0.0104. The third kappa shape index (κ3) is 3.43. The fraction of sp³-hybridized carbons (Fsp3) is 1.00. The molecule has 1 atom stereocenters. The Labute approximate surface area is 80.9 Å². The van der Waals surface area contributed by atoms with Crippen LogP contribution in [0.25, 0.3) is 0 Å². The Balaban J connectivity index is 2.36. The molecule has 1 rings (SSSR count). The van der Waals surface area contributed by atoms with Gasteiger partial charge in [-0.2, -0.15) is 13.2 Å². The molecule has 0 aromatic rings. The number of nitrogens with one attached hydrogen (secondary N) is 1. The highest BCUT2D eigenvalue weighted by atomic mass is 19.4. The first-order valence-electron chi connectivity index (χ1n) is 4.67. The molecule has 0 aromatic carbocycles. The summed E-state index contributed by atoms with van der Waals surface area (Å²) in [7, 11) is 0. The van der Waals surface area contributed by atoms with Crippen LogP contribution in [-0.2, 0) is 0 Å². The van der Waals surface area contributed by atoms with Gasteiger partial charge in [0.1, 0.15) is 6.04 Å². The third-order valence-corrected chi connectivity index (χ3v) is 2.29. The Kier molecular flexibility index (Phi) is 4.15. The van der Waals surface area contributed by atoms with E-state index in [4.69, 9.17) is 5.11 Å². The number of aliphatic hydroxyl groups is 1. The minimum Gasteiger partial charge on any atom is -0.396 e. The van der Waals surface area contributed by atoms with Crippen molar-refractivity contribution in [2.45, 2.75) is 18.6 Å². The molecule has 14 heavy (non-hydrogen) atoms. The molecule has 1 aliphatic heterocycles. The summed E-state index contributed by atoms with van der Waals surface area (Å²) in [5.41, 5.74) is 0. The SMILES string of the molecule is OCCCN1CCNC(C(F)(F)F)C1. The highest BCUT2D eigenvalue weighted by Gasteiger charge is 2.41. The van der Waals surface area contributed by atoms with E-state index in [1.807, 2.05) is 0 Å². The van der Waals surface area contributed by atoms with E-state index in [9.17, 15) is 13.2 Å². The summed E-state index contributed by atoms with van der Waals surface area (Å²) in [5.74, 6) is 0. The summed E-state index contributed by atoms with van der Waals surface area (Å²) in [6.07, 6.45) is -3.64. The summed E-state index contributed by atoms with van der Waals surface area (Å²) in [5, 5.41) is 11.0. The van der Waals surface area contributed by atoms with Crippen molar-refractivity contribution in [1.29, 1.82) is 0 Å². The maximum Gasteiger partial charge on any atom is 0.405 e. The quantitative estimate of drug-likeness (QED) is 0.701. The zero-order valence-electron chi connectivity index (χ0n) is 7.85. The van der Waals surface area contributed by atoms with E-state index in [1.165, 1.54) is 0 Å². The summed E-state index contributed by atoms with van der Waals surface area (Å²) in [6, 6.07) is -1.42. The van der Waals surface area contributed by atoms with Crippen LogP contribution in [0.1, 0.15) is 6.42 Å². The lowest BCUT2D eigenvalue weighted by atomic mass is 10.2. The van der Waals surface area contributed by atoms with Crippen molar-refractivity contribution in [3.8, 4) is 0 Å². The van der Waals surface area contributed by atoms with E-state index in [-0.39, 0.29) is 13.2 Å². The first-order chi connectivity index (χ1) is 6.54. The molecule has 0 aromatic heterocycles. The van der Waals surface area contributed by atoms with Crippen molar-refractivity contribution >= 4 is 0 Å². The van der Waals surface area contributed by atoms with E-state index in [1.54, 1.807) is 4.90 Å². The molecular weight excluding hydrogens is 197 g/mol. The van der Waals surface area contributed by atoms with Gasteiger partial charge < -0.3 is 15.3 Å². The zero-order chi connectivity index (χ0) is 10.6. The predicted molar refractivity (Wildman–Crippen MR) is 46.0 cm³/mol. The van der Waals surface area contributed by atoms with E-state index in [2.05, 4.69) is 5.32 Å². The standard InChI is InChI=1S/C8H15F3N2O/c9-8(10,11)7-6-13(3-1-5-14)4-2-12-7/h7,12,14H,1-6H2. The Morgan fingerprint density at radius 1 is 1.43 bits per heavy atom. The van der Waals surface area contributed by atoms with Gasteiger partial charge in [-0.1, -0.05) is 0 Å². The van der Waals surface area contributed by atoms with Crippen molar-refractivity contribution in [3.63, 3.8) is 0 Å². The predicted octanol–water partition coefficient (Wildman–Crippen LogP) is 0.205. The molecule has 0 amide bonds. The second-order valence-electron chi connectivity index (χ2n) is 3.43. The fourth-order valence-corrected chi connectivity index (χ4v) is 1.53. The van der Waals surface area contributed by atoms with Crippen LogP contribution in [0.2, 0.25) is 0 Å². The van der Waals surface area contributed by atoms with E-state index >= 15 is 0 Å². The number of halogens is 3. The fourth-order valence-electron chi connectivity index (χ4n) is 1.53. The molecule has 1 heterocycles. The highest BCUT2D eigenvalue weighted by Crippen LogP contribution is 2.22. The zero-order valence-corrected chi connectivity index (χ0v) is 7.85. The lowest BCUT2D eigenvalue weighted by Crippen LogP contribution is -2.57. The van der Waals surface area contributed by atoms with Crippen molar-refractivity contribution < 1.29 is 18.3 Å². The van der Waals surface area contributed by atoms with Gasteiger partial charge in [0, 0.05) is 32.8 Å². The first kappa shape index (κ1) is 11.7. The topological polar surface area (TPSA) is 35.5 Å². The van der Waals surface area contributed by atoms with Gasteiger partial charge in [0.15, 0.2) is 0 Å². The van der Waals surface area contributed by atoms with Crippen LogP contribution in [0.5, 0.6) is 0 Å². The van der Waals surface area contributed by atoms with Crippen LogP contribution in [0, 0.1) is 0 Å². The van der Waals surface area contributed by atoms with Crippen LogP contribution in [-0.4, -0.2) is 55.0 Å². The molecule has 2 N–H and O–H groups in total. The van der Waals surface area contributed by atoms with Crippen LogP contribution in [0.15, 0.2) is 0 Å². The van der Waals surface area contributed by atoms with Crippen molar-refractivity contribution in [2.24, 2.45) is 0 Å². The Morgan fingerprint density at radius 3 is 2.71 bits per heavy atom. The highest BCUT2D eigenvalue weighted by molar-refractivity contribution is 4.83. The smallest absolute Gasteiger partial charge is 0.396 e. The maximum absolute atomic E-state index is 12.3. The van der Waals surface area contributed by atoms with Crippen LogP contribution < -0.4 is 5.32 Å². The molecule has 0 aliphatic carbocycles. The lowest BCUT2D eigenvalue weighted by Gasteiger charge is -2.34. The molecule has 84 valence electrons. The molecule has 0 radical (unpaired) electrons. The minimum atomic E-state index is -4.17. The molecule has 6 heteroatoms. The van der Waals surface area contributed by atoms with Crippen LogP contribution in [0.4, 0.5) is 13.2 Å². The first-order valence-corrected chi connectivity index (χ1v) is 4.67. The third-order valence-electron chi connectivity index (χ3n) is 2.29. The van der Waals surface area contributed by atoms with Gasteiger partial charge in [0.05, 0.1) is 0 Å². The number of piperazine rings is 1. The van der Waals surface area contributed by atoms with E-state index < -0.39 is 12.2 Å². The largest absolute Gasteiger partial charge is 0.405 e. The number of hydrogen-bond acceptors (Lipinski definition) is 3. The summed E-state index contributed by atoms with van der Waals surface area (Å²) >= 11 is 0. The molecule has 1 unspecified atom stereocenters. The summed E-state index contributed by atoms with van der Waals surface area (Å²) in [4.78, 5) is 1.73. The number of rotatable bonds is 3. The second kappa shape index (κ2) is 4.95. The van der Waals surface area contributed by atoms with Crippen LogP contribution in [0.3, 0.4) is 0 Å². The normalized spacial score (nSPS) is 25.3. The number of aliphatic hydroxyl groups excluding tert-OH is 1. The van der Waals surface area contributed by atoms with Gasteiger partial charge in [-0.3, -0.25) is 0 Å². The van der Waals surface area contributed by atoms with Crippen molar-refractivity contribution in [3.05, 3.63) is 0 Å². The molecule has 0 saturated carbocycles. The van der Waals surface area contributed by atoms with Gasteiger partial charge in [0.2, 0.25) is 0 Å². The summed E-state index contributed by atoms with van der Waals surface area (Å²) < 4.78 is 36.9. The molecule has 1 fully saturated rings. The average Bonchev–Trinajstić information content (AvgIpc) is 2.14. The monoisotopic (exact) mass is 212 g/mol. The molecule has 0 spiro atoms. The maximum atomic E-state index is 12.3. The lowest BCUT2D eigenvalue weighted by molar-refractivity contribution is -0.164. The van der Waals surface area contributed by atoms with Crippen LogP contribution >= 0.6 is 0 Å². The van der Waals surface area contributed by atoms with Gasteiger partial charge in [0.25, 0.3) is 0 Å². The van der Waals surface area contributed by atoms with Gasteiger partial charge >= 0.3 is 6.18 Å². The number of hydrogen-bond donors (Lipinski definition) is 2. The van der Waals surface area contributed by atoms with Gasteiger partial charge in [-0.15, -0.1) is 0 Å². The van der Waals surface area contributed by atoms with Gasteiger partial charge in [-0.05, 0) is 6.42 Å². The number of alkyl halides is 3. The number of nitrogens with zero attached hydrogens (tertiary/aromatic N) is 1. The molecule has 1 saturated heterocycles. The summed E-state index contributed by atoms with van der Waals surface area (Å²) in [6.45, 7) is 1.52. The van der Waals surface area contributed by atoms with E-state index in [0.717, 1.165) is 0 Å². The Hall–Kier alpha value is -0.330. The van der Waals surface area contributed by atoms with Gasteiger partial charge in [-0.25, -0.2) is 0 Å². The van der Waals surface area contributed by atoms with Crippen molar-refractivity contribution in [1.82, 2.24) is 10.2 Å². The van der Waals surface area contributed by atoms with Crippen molar-refractivity contribution in [2.75, 3.05) is 32.8 Å². The Morgan fingerprint density at radius 2 is 2.14 bits per heavy atom. The molecule has 1 aliphatic rings. The molecule has 3 nitrogen and oxygen atoms in total. The second-order valence-corrected chi connectivity index (χ2v) is 3.43. The molecule has 0 bridgehead atoms. The Bertz CT molecular complexity index is 174. The molecular formula is C8H15F3N2O. The van der Waals surface area contributed by atoms with E-state index in [0.29, 0.717) is 26.1 Å².